The van der Waals surface area contributed by atoms with E-state index in [1.807, 2.05) is 43.1 Å². The molecule has 3 aromatic carbocycles. The smallest absolute Gasteiger partial charge is 0.322 e. The summed E-state index contributed by atoms with van der Waals surface area (Å²) in [6, 6.07) is 15.1. The highest BCUT2D eigenvalue weighted by atomic mass is 19.4. The number of anilines is 1. The van der Waals surface area contributed by atoms with Gasteiger partial charge in [-0.2, -0.15) is 13.2 Å². The van der Waals surface area contributed by atoms with Crippen LogP contribution >= 0.6 is 0 Å². The van der Waals surface area contributed by atoms with Crippen LogP contribution in [0.15, 0.2) is 67.1 Å². The van der Waals surface area contributed by atoms with Gasteiger partial charge in [-0.15, -0.1) is 0 Å². The van der Waals surface area contributed by atoms with Crippen LogP contribution in [0.2, 0.25) is 0 Å². The van der Waals surface area contributed by atoms with Crippen molar-refractivity contribution >= 4 is 22.5 Å². The highest BCUT2D eigenvalue weighted by molar-refractivity contribution is 6.05. The van der Waals surface area contributed by atoms with Crippen molar-refractivity contribution in [2.24, 2.45) is 0 Å². The van der Waals surface area contributed by atoms with Crippen LogP contribution < -0.4 is 5.32 Å². The molecule has 1 aromatic heterocycles. The number of aryl methyl sites for hydroxylation is 1. The molecule has 1 N–H and O–H groups in total. The van der Waals surface area contributed by atoms with E-state index >= 15 is 0 Å². The molecule has 196 valence electrons. The number of benzene rings is 3. The molecule has 1 aliphatic rings. The average Bonchev–Trinajstić information content (AvgIpc) is 2.90. The minimum atomic E-state index is -4.53. The topological polar surface area (TPSA) is 61.4 Å². The number of alkyl halides is 3. The van der Waals surface area contributed by atoms with Crippen LogP contribution in [0.25, 0.3) is 22.0 Å². The molecule has 2 heterocycles. The van der Waals surface area contributed by atoms with Gasteiger partial charge in [0.05, 0.1) is 11.1 Å². The number of nitrogens with zero attached hydrogens (tertiary/aromatic N) is 4. The second-order valence-electron chi connectivity index (χ2n) is 9.73. The zero-order chi connectivity index (χ0) is 26.9. The van der Waals surface area contributed by atoms with E-state index in [1.54, 1.807) is 18.3 Å². The number of piperazine rings is 1. The number of hydrogen-bond acceptors (Lipinski definition) is 5. The first-order valence-electron chi connectivity index (χ1n) is 12.4. The molecule has 0 atom stereocenters. The third-order valence-electron chi connectivity index (χ3n) is 6.98. The SMILES string of the molecule is Cc1ccc(C(=O)Nc2ccc(CN3CCN(C)CC3)c(C(F)(F)F)c2)cc1-c1ccc2ncncc2c1. The van der Waals surface area contributed by atoms with Crippen LogP contribution in [0.3, 0.4) is 0 Å². The highest BCUT2D eigenvalue weighted by Gasteiger charge is 2.34. The van der Waals surface area contributed by atoms with E-state index < -0.39 is 17.6 Å². The molecule has 5 rings (SSSR count). The van der Waals surface area contributed by atoms with Gasteiger partial charge in [0.15, 0.2) is 0 Å². The summed E-state index contributed by atoms with van der Waals surface area (Å²) >= 11 is 0. The van der Waals surface area contributed by atoms with Gasteiger partial charge in [-0.1, -0.05) is 18.2 Å². The summed E-state index contributed by atoms with van der Waals surface area (Å²) in [4.78, 5) is 25.6. The molecule has 1 amide bonds. The minimum absolute atomic E-state index is 0.106. The largest absolute Gasteiger partial charge is 0.416 e. The predicted octanol–water partition coefficient (Wildman–Crippen LogP) is 5.62. The van der Waals surface area contributed by atoms with Gasteiger partial charge in [-0.25, -0.2) is 9.97 Å². The molecule has 1 saturated heterocycles. The molecule has 4 aromatic rings. The number of rotatable bonds is 5. The molecule has 9 heteroatoms. The fourth-order valence-corrected chi connectivity index (χ4v) is 4.73. The Morgan fingerprint density at radius 1 is 1.00 bits per heavy atom. The summed E-state index contributed by atoms with van der Waals surface area (Å²) in [6.45, 7) is 5.23. The summed E-state index contributed by atoms with van der Waals surface area (Å²) < 4.78 is 41.9. The van der Waals surface area contributed by atoms with Gasteiger partial charge in [0.2, 0.25) is 0 Å². The first-order valence-corrected chi connectivity index (χ1v) is 12.4. The lowest BCUT2D eigenvalue weighted by molar-refractivity contribution is -0.138. The van der Waals surface area contributed by atoms with Crippen LogP contribution in [-0.4, -0.2) is 58.9 Å². The van der Waals surface area contributed by atoms with Gasteiger partial charge in [-0.3, -0.25) is 9.69 Å². The van der Waals surface area contributed by atoms with Crippen molar-refractivity contribution in [3.8, 4) is 11.1 Å². The van der Waals surface area contributed by atoms with Crippen LogP contribution in [0.4, 0.5) is 18.9 Å². The number of fused-ring (bicyclic) bond motifs is 1. The number of aromatic nitrogens is 2. The monoisotopic (exact) mass is 519 g/mol. The number of nitrogens with one attached hydrogen (secondary N) is 1. The Labute approximate surface area is 219 Å². The minimum Gasteiger partial charge on any atom is -0.322 e. The normalized spacial score (nSPS) is 15.1. The Hall–Kier alpha value is -3.82. The molecule has 6 nitrogen and oxygen atoms in total. The second kappa shape index (κ2) is 10.5. The van der Waals surface area contributed by atoms with Crippen molar-refractivity contribution in [2.75, 3.05) is 38.5 Å². The van der Waals surface area contributed by atoms with E-state index in [-0.39, 0.29) is 17.8 Å². The van der Waals surface area contributed by atoms with Crippen molar-refractivity contribution in [3.05, 3.63) is 89.4 Å². The van der Waals surface area contributed by atoms with Gasteiger partial charge in [-0.05, 0) is 72.6 Å². The maximum Gasteiger partial charge on any atom is 0.416 e. The predicted molar refractivity (Wildman–Crippen MR) is 142 cm³/mol. The van der Waals surface area contributed by atoms with Crippen molar-refractivity contribution in [1.29, 1.82) is 0 Å². The van der Waals surface area contributed by atoms with Gasteiger partial charge in [0.25, 0.3) is 5.91 Å². The third-order valence-corrected chi connectivity index (χ3v) is 6.98. The van der Waals surface area contributed by atoms with Crippen LogP contribution in [0.5, 0.6) is 0 Å². The van der Waals surface area contributed by atoms with Crippen molar-refractivity contribution < 1.29 is 18.0 Å². The lowest BCUT2D eigenvalue weighted by atomic mass is 9.97. The molecule has 0 bridgehead atoms. The molecule has 38 heavy (non-hydrogen) atoms. The van der Waals surface area contributed by atoms with Crippen molar-refractivity contribution in [2.45, 2.75) is 19.6 Å². The van der Waals surface area contributed by atoms with Crippen LogP contribution in [0.1, 0.15) is 27.0 Å². The Balaban J connectivity index is 1.38. The summed E-state index contributed by atoms with van der Waals surface area (Å²) in [5, 5.41) is 3.53. The molecular weight excluding hydrogens is 491 g/mol. The van der Waals surface area contributed by atoms with Gasteiger partial charge in [0.1, 0.15) is 6.33 Å². The third kappa shape index (κ3) is 5.69. The number of carbonyl (C=O) groups is 1. The Morgan fingerprint density at radius 3 is 2.55 bits per heavy atom. The lowest BCUT2D eigenvalue weighted by Crippen LogP contribution is -2.44. The van der Waals surface area contributed by atoms with E-state index in [9.17, 15) is 18.0 Å². The summed E-state index contributed by atoms with van der Waals surface area (Å²) in [5.41, 5.74) is 3.46. The first kappa shape index (κ1) is 25.8. The zero-order valence-electron chi connectivity index (χ0n) is 21.2. The van der Waals surface area contributed by atoms with E-state index in [0.29, 0.717) is 18.7 Å². The molecule has 1 aliphatic heterocycles. The second-order valence-corrected chi connectivity index (χ2v) is 9.73. The van der Waals surface area contributed by atoms with Gasteiger partial charge < -0.3 is 10.2 Å². The average molecular weight is 520 g/mol. The maximum absolute atomic E-state index is 14.0. The first-order chi connectivity index (χ1) is 18.2. The van der Waals surface area contributed by atoms with E-state index in [1.165, 1.54) is 18.5 Å². The molecule has 0 aliphatic carbocycles. The summed E-state index contributed by atoms with van der Waals surface area (Å²) in [5.74, 6) is -0.477. The van der Waals surface area contributed by atoms with Crippen LogP contribution in [0, 0.1) is 6.92 Å². The number of carbonyl (C=O) groups excluding carboxylic acids is 1. The standard InChI is InChI=1S/C29H28F3N5O/c1-19-3-4-21(14-25(19)20-6-8-27-23(13-20)16-33-18-34-27)28(38)35-24-7-5-22(26(15-24)29(30,31)32)17-37-11-9-36(2)10-12-37/h3-8,13-16,18H,9-12,17H2,1-2H3,(H,35,38). The summed E-state index contributed by atoms with van der Waals surface area (Å²) in [6.07, 6.45) is -1.32. The van der Waals surface area contributed by atoms with Crippen molar-refractivity contribution in [1.82, 2.24) is 19.8 Å². The number of likely N-dealkylation sites (N-methyl/N-ethyl adjacent to an activating group) is 1. The Morgan fingerprint density at radius 2 is 1.79 bits per heavy atom. The molecule has 0 spiro atoms. The van der Waals surface area contributed by atoms with Crippen LogP contribution in [-0.2, 0) is 12.7 Å². The Kier molecular flexibility index (Phi) is 7.14. The van der Waals surface area contributed by atoms with E-state index in [0.717, 1.165) is 46.7 Å². The van der Waals surface area contributed by atoms with Crippen molar-refractivity contribution in [3.63, 3.8) is 0 Å². The fourth-order valence-electron chi connectivity index (χ4n) is 4.73. The fraction of sp³-hybridized carbons (Fsp3) is 0.276. The van der Waals surface area contributed by atoms with E-state index in [2.05, 4.69) is 20.2 Å². The zero-order valence-corrected chi connectivity index (χ0v) is 21.2. The Bertz CT molecular complexity index is 1480. The van der Waals surface area contributed by atoms with E-state index in [4.69, 9.17) is 0 Å². The molecule has 0 saturated carbocycles. The maximum atomic E-state index is 14.0. The quantitative estimate of drug-likeness (QED) is 0.371. The molecule has 0 unspecified atom stereocenters. The molecule has 1 fully saturated rings. The van der Waals surface area contributed by atoms with Gasteiger partial charge >= 0.3 is 6.18 Å². The number of hydrogen-bond donors (Lipinski definition) is 1. The summed E-state index contributed by atoms with van der Waals surface area (Å²) in [7, 11) is 2.00. The highest BCUT2D eigenvalue weighted by Crippen LogP contribution is 2.35. The lowest BCUT2D eigenvalue weighted by Gasteiger charge is -2.33. The van der Waals surface area contributed by atoms with Gasteiger partial charge in [0, 0.05) is 55.6 Å². The molecular formula is C29H28F3N5O. The number of amides is 1. The number of halogens is 3. The molecule has 0 radical (unpaired) electrons.